The molecule has 0 fully saturated rings. The third kappa shape index (κ3) is 3.28. The number of hydrogen-bond donors (Lipinski definition) is 1. The molecule has 0 aliphatic rings. The van der Waals surface area contributed by atoms with Crippen LogP contribution in [-0.4, -0.2) is 11.6 Å². The van der Waals surface area contributed by atoms with Crippen molar-refractivity contribution in [3.05, 3.63) is 51.9 Å². The van der Waals surface area contributed by atoms with E-state index in [1.54, 1.807) is 18.3 Å². The van der Waals surface area contributed by atoms with Crippen LogP contribution in [0.2, 0.25) is 10.0 Å². The number of hydrogen-bond acceptors (Lipinski definition) is 3. The number of nitrogen functional groups attached to an aromatic ring is 1. The van der Waals surface area contributed by atoms with Crippen LogP contribution in [-0.2, 0) is 6.42 Å². The fraction of sp³-hybridized carbons (Fsp3) is 0.154. The first-order valence-electron chi connectivity index (χ1n) is 5.55. The molecule has 2 rings (SSSR count). The van der Waals surface area contributed by atoms with E-state index in [0.29, 0.717) is 28.6 Å². The molecule has 0 aliphatic carbocycles. The van der Waals surface area contributed by atoms with E-state index in [9.17, 15) is 4.39 Å². The normalized spacial score (nSPS) is 10.5. The summed E-state index contributed by atoms with van der Waals surface area (Å²) < 4.78 is 18.8. The van der Waals surface area contributed by atoms with Gasteiger partial charge < -0.3 is 10.5 Å². The van der Waals surface area contributed by atoms with E-state index in [1.807, 2.05) is 0 Å². The second-order valence-electron chi connectivity index (χ2n) is 3.81. The minimum Gasteiger partial charge on any atom is -0.489 e. The largest absolute Gasteiger partial charge is 0.489 e. The maximum Gasteiger partial charge on any atom is 0.166 e. The van der Waals surface area contributed by atoms with Crippen molar-refractivity contribution in [1.82, 2.24) is 4.98 Å². The first-order chi connectivity index (χ1) is 9.09. The lowest BCUT2D eigenvalue weighted by Crippen LogP contribution is -2.05. The molecule has 0 amide bonds. The van der Waals surface area contributed by atoms with Crippen LogP contribution in [0, 0.1) is 5.82 Å². The highest BCUT2D eigenvalue weighted by Gasteiger charge is 2.11. The van der Waals surface area contributed by atoms with Gasteiger partial charge in [-0.1, -0.05) is 23.2 Å². The molecular weight excluding hydrogens is 290 g/mol. The van der Waals surface area contributed by atoms with E-state index >= 15 is 0 Å². The average Bonchev–Trinajstić information content (AvgIpc) is 2.40. The summed E-state index contributed by atoms with van der Waals surface area (Å²) >= 11 is 11.8. The summed E-state index contributed by atoms with van der Waals surface area (Å²) in [7, 11) is 0. The summed E-state index contributed by atoms with van der Waals surface area (Å²) in [6, 6.07) is 6.12. The summed E-state index contributed by atoms with van der Waals surface area (Å²) in [5, 5.41) is 0.435. The van der Waals surface area contributed by atoms with Crippen LogP contribution >= 0.6 is 23.2 Å². The lowest BCUT2D eigenvalue weighted by Gasteiger charge is -2.10. The van der Waals surface area contributed by atoms with Gasteiger partial charge in [0.15, 0.2) is 11.6 Å². The summed E-state index contributed by atoms with van der Waals surface area (Å²) in [5.41, 5.74) is 6.15. The summed E-state index contributed by atoms with van der Waals surface area (Å²) in [4.78, 5) is 3.89. The molecular formula is C13H11Cl2FN2O. The highest BCUT2D eigenvalue weighted by molar-refractivity contribution is 6.36. The van der Waals surface area contributed by atoms with Gasteiger partial charge in [-0.05, 0) is 29.8 Å². The highest BCUT2D eigenvalue weighted by atomic mass is 35.5. The Morgan fingerprint density at radius 3 is 2.79 bits per heavy atom. The van der Waals surface area contributed by atoms with Crippen LogP contribution < -0.4 is 10.5 Å². The van der Waals surface area contributed by atoms with Gasteiger partial charge in [0.05, 0.1) is 11.6 Å². The Kier molecular flexibility index (Phi) is 4.45. The average molecular weight is 301 g/mol. The van der Waals surface area contributed by atoms with Crippen molar-refractivity contribution in [3.8, 4) is 5.75 Å². The van der Waals surface area contributed by atoms with Gasteiger partial charge in [0.2, 0.25) is 0 Å². The molecule has 0 spiro atoms. The standard InChI is InChI=1S/C13H11Cl2FN2O/c14-9-3-4-10(16)12(15)8(9)5-7-19-11-2-1-6-18-13(11)17/h1-4,6H,5,7H2,(H2,17,18). The molecule has 1 heterocycles. The van der Waals surface area contributed by atoms with Crippen LogP contribution in [0.1, 0.15) is 5.56 Å². The third-order valence-corrected chi connectivity index (χ3v) is 3.31. The van der Waals surface area contributed by atoms with Gasteiger partial charge in [0, 0.05) is 17.6 Å². The molecule has 0 atom stereocenters. The van der Waals surface area contributed by atoms with E-state index in [1.165, 1.54) is 12.1 Å². The van der Waals surface area contributed by atoms with Crippen molar-refractivity contribution in [1.29, 1.82) is 0 Å². The van der Waals surface area contributed by atoms with Gasteiger partial charge in [0.25, 0.3) is 0 Å². The second kappa shape index (κ2) is 6.08. The minimum absolute atomic E-state index is 0.0234. The molecule has 1 aromatic heterocycles. The fourth-order valence-corrected chi connectivity index (χ4v) is 2.15. The van der Waals surface area contributed by atoms with Crippen molar-refractivity contribution in [2.24, 2.45) is 0 Å². The summed E-state index contributed by atoms with van der Waals surface area (Å²) in [5.74, 6) is 0.284. The number of aromatic nitrogens is 1. The molecule has 3 nitrogen and oxygen atoms in total. The zero-order valence-electron chi connectivity index (χ0n) is 9.87. The quantitative estimate of drug-likeness (QED) is 0.875. The second-order valence-corrected chi connectivity index (χ2v) is 4.59. The van der Waals surface area contributed by atoms with Crippen LogP contribution in [0.15, 0.2) is 30.5 Å². The van der Waals surface area contributed by atoms with E-state index in [-0.39, 0.29) is 11.6 Å². The lowest BCUT2D eigenvalue weighted by atomic mass is 10.1. The minimum atomic E-state index is -0.498. The van der Waals surface area contributed by atoms with Crippen LogP contribution in [0.25, 0.3) is 0 Å². The summed E-state index contributed by atoms with van der Waals surface area (Å²) in [6.45, 7) is 0.277. The lowest BCUT2D eigenvalue weighted by molar-refractivity contribution is 0.322. The highest BCUT2D eigenvalue weighted by Crippen LogP contribution is 2.28. The molecule has 0 saturated heterocycles. The summed E-state index contributed by atoms with van der Waals surface area (Å²) in [6.07, 6.45) is 1.95. The molecule has 1 aromatic carbocycles. The van der Waals surface area contributed by atoms with E-state index < -0.39 is 5.82 Å². The SMILES string of the molecule is Nc1ncccc1OCCc1c(Cl)ccc(F)c1Cl. The number of rotatable bonds is 4. The number of nitrogens with two attached hydrogens (primary N) is 1. The molecule has 6 heteroatoms. The predicted octanol–water partition coefficient (Wildman–Crippen LogP) is 3.73. The van der Waals surface area contributed by atoms with Gasteiger partial charge in [-0.2, -0.15) is 0 Å². The van der Waals surface area contributed by atoms with Crippen LogP contribution in [0.3, 0.4) is 0 Å². The van der Waals surface area contributed by atoms with Crippen molar-refractivity contribution < 1.29 is 9.13 Å². The van der Waals surface area contributed by atoms with Gasteiger partial charge in [-0.3, -0.25) is 0 Å². The first kappa shape index (κ1) is 13.9. The molecule has 0 saturated carbocycles. The molecule has 0 unspecified atom stereocenters. The van der Waals surface area contributed by atoms with E-state index in [2.05, 4.69) is 4.98 Å². The van der Waals surface area contributed by atoms with Crippen molar-refractivity contribution in [3.63, 3.8) is 0 Å². The van der Waals surface area contributed by atoms with E-state index in [4.69, 9.17) is 33.7 Å². The Hall–Kier alpha value is -1.52. The number of benzene rings is 1. The van der Waals surface area contributed by atoms with Crippen molar-refractivity contribution in [2.45, 2.75) is 6.42 Å². The van der Waals surface area contributed by atoms with Crippen molar-refractivity contribution >= 4 is 29.0 Å². The van der Waals surface area contributed by atoms with Gasteiger partial charge in [-0.15, -0.1) is 0 Å². The predicted molar refractivity (Wildman–Crippen MR) is 74.3 cm³/mol. The number of nitrogens with zero attached hydrogens (tertiary/aromatic N) is 1. The number of pyridine rings is 1. The van der Waals surface area contributed by atoms with Crippen LogP contribution in [0.4, 0.5) is 10.2 Å². The zero-order valence-corrected chi connectivity index (χ0v) is 11.4. The topological polar surface area (TPSA) is 48.1 Å². The van der Waals surface area contributed by atoms with Gasteiger partial charge in [0.1, 0.15) is 5.82 Å². The molecule has 0 aliphatic heterocycles. The molecule has 0 radical (unpaired) electrons. The Bertz CT molecular complexity index is 593. The smallest absolute Gasteiger partial charge is 0.166 e. The molecule has 19 heavy (non-hydrogen) atoms. The maximum atomic E-state index is 13.3. The molecule has 0 bridgehead atoms. The first-order valence-corrected chi connectivity index (χ1v) is 6.31. The maximum absolute atomic E-state index is 13.3. The fourth-order valence-electron chi connectivity index (χ4n) is 1.59. The number of halogens is 3. The van der Waals surface area contributed by atoms with Gasteiger partial charge >= 0.3 is 0 Å². The third-order valence-electron chi connectivity index (χ3n) is 2.55. The zero-order chi connectivity index (χ0) is 13.8. The Morgan fingerprint density at radius 2 is 2.05 bits per heavy atom. The molecule has 100 valence electrons. The Balaban J connectivity index is 2.04. The Labute approximate surface area is 120 Å². The number of ether oxygens (including phenoxy) is 1. The monoisotopic (exact) mass is 300 g/mol. The van der Waals surface area contributed by atoms with Crippen molar-refractivity contribution in [2.75, 3.05) is 12.3 Å². The van der Waals surface area contributed by atoms with Crippen LogP contribution in [0.5, 0.6) is 5.75 Å². The van der Waals surface area contributed by atoms with Gasteiger partial charge in [-0.25, -0.2) is 9.37 Å². The Morgan fingerprint density at radius 1 is 1.26 bits per heavy atom. The molecule has 2 N–H and O–H groups in total. The van der Waals surface area contributed by atoms with E-state index in [0.717, 1.165) is 0 Å². The molecule has 2 aromatic rings. The number of anilines is 1.